The lowest BCUT2D eigenvalue weighted by Gasteiger charge is -2.65. The van der Waals surface area contributed by atoms with Gasteiger partial charge in [-0.3, -0.25) is 39.1 Å². The van der Waals surface area contributed by atoms with Gasteiger partial charge in [-0.15, -0.1) is 0 Å². The molecule has 0 radical (unpaired) electrons. The number of benzene rings is 2. The minimum atomic E-state index is -0.977. The highest BCUT2D eigenvalue weighted by atomic mass is 16.5. The molecule has 2 aromatic carbocycles. The number of nitrogens with one attached hydrogen (secondary N) is 1. The molecule has 1 atom stereocenters. The Morgan fingerprint density at radius 2 is 1.51 bits per heavy atom. The molecule has 2 saturated heterocycles. The normalized spacial score (nSPS) is 26.8. The molecule has 4 aliphatic heterocycles. The van der Waals surface area contributed by atoms with Crippen LogP contribution in [-0.4, -0.2) is 99.6 Å². The minimum absolute atomic E-state index is 0.00257. The van der Waals surface area contributed by atoms with Crippen LogP contribution in [0.1, 0.15) is 120 Å². The number of rotatable bonds is 6. The van der Waals surface area contributed by atoms with Crippen LogP contribution in [0.25, 0.3) is 0 Å². The van der Waals surface area contributed by atoms with Crippen molar-refractivity contribution in [1.82, 2.24) is 25.0 Å². The minimum Gasteiger partial charge on any atom is -0.489 e. The fourth-order valence-electron chi connectivity index (χ4n) is 11.4. The second-order valence-electron chi connectivity index (χ2n) is 18.7. The average Bonchev–Trinajstić information content (AvgIpc) is 3.68. The number of amides is 5. The van der Waals surface area contributed by atoms with Gasteiger partial charge in [0.2, 0.25) is 11.8 Å². The summed E-state index contributed by atoms with van der Waals surface area (Å²) >= 11 is 0. The summed E-state index contributed by atoms with van der Waals surface area (Å²) in [7, 11) is 0. The maximum Gasteiger partial charge on any atom is 0.262 e. The van der Waals surface area contributed by atoms with Crippen molar-refractivity contribution < 1.29 is 28.7 Å². The number of nitrogens with zero attached hydrogens (tertiary/aromatic N) is 6. The Kier molecular flexibility index (Phi) is 10.0. The maximum atomic E-state index is 13.8. The van der Waals surface area contributed by atoms with Crippen LogP contribution in [0, 0.1) is 46.8 Å². The van der Waals surface area contributed by atoms with E-state index in [9.17, 15) is 29.2 Å². The van der Waals surface area contributed by atoms with Gasteiger partial charge >= 0.3 is 0 Å². The molecule has 2 aliphatic carbocycles. The number of carbonyl (C=O) groups is 5. The van der Waals surface area contributed by atoms with Crippen LogP contribution in [0.2, 0.25) is 0 Å². The molecule has 5 heterocycles. The van der Waals surface area contributed by atoms with Crippen molar-refractivity contribution >= 4 is 35.2 Å². The van der Waals surface area contributed by atoms with E-state index in [1.165, 1.54) is 0 Å². The van der Waals surface area contributed by atoms with E-state index in [1.807, 2.05) is 42.2 Å². The molecule has 6 aliphatic rings. The fourth-order valence-corrected chi connectivity index (χ4v) is 11.4. The molecular formula is C48H51N7O6. The Morgan fingerprint density at radius 3 is 2.20 bits per heavy atom. The standard InChI is InChI=1S/C48H51N7O6/c1-28-24-34(15-9-30(28)26-49)61-46-47(2,3)45(48(46,4)5)54-27-38-36(42(54)58)16-11-31(50-38)10-6-29-7-12-32(13-8-29)52-20-22-53(23-21-52)33-14-17-35-37(25-33)44(60)55(43(35)59)39-18-19-40(56)51-41(39)57/h9,11,14-17,24-25,29,32,39,45-46H,7-8,12-13,18-23,27H2,1-5H3,(H,51,56,57). The van der Waals surface area contributed by atoms with Crippen molar-refractivity contribution in [2.75, 3.05) is 31.1 Å². The van der Waals surface area contributed by atoms with Gasteiger partial charge in [0.05, 0.1) is 40.6 Å². The number of aryl methyl sites for hydroxylation is 1. The summed E-state index contributed by atoms with van der Waals surface area (Å²) in [6, 6.07) is 16.3. The van der Waals surface area contributed by atoms with Crippen LogP contribution in [-0.2, 0) is 16.1 Å². The number of fused-ring (bicyclic) bond motifs is 2. The molecule has 61 heavy (non-hydrogen) atoms. The van der Waals surface area contributed by atoms with Crippen molar-refractivity contribution in [3.8, 4) is 23.7 Å². The van der Waals surface area contributed by atoms with Gasteiger partial charge < -0.3 is 14.5 Å². The van der Waals surface area contributed by atoms with Crippen LogP contribution >= 0.6 is 0 Å². The molecule has 1 N–H and O–H groups in total. The lowest BCUT2D eigenvalue weighted by Crippen LogP contribution is -2.74. The van der Waals surface area contributed by atoms with E-state index in [0.29, 0.717) is 40.5 Å². The monoisotopic (exact) mass is 821 g/mol. The van der Waals surface area contributed by atoms with Crippen LogP contribution in [0.4, 0.5) is 5.69 Å². The number of piperidine rings is 1. The number of aromatic nitrogens is 1. The summed E-state index contributed by atoms with van der Waals surface area (Å²) in [6.45, 7) is 14.4. The smallest absolute Gasteiger partial charge is 0.262 e. The molecular weight excluding hydrogens is 771 g/mol. The third-order valence-electron chi connectivity index (χ3n) is 14.2. The van der Waals surface area contributed by atoms with Gasteiger partial charge in [-0.2, -0.15) is 5.26 Å². The molecule has 4 fully saturated rings. The number of carbonyl (C=O) groups excluding carboxylic acids is 5. The first-order chi connectivity index (χ1) is 29.1. The lowest BCUT2D eigenvalue weighted by atomic mass is 9.49. The van der Waals surface area contributed by atoms with E-state index < -0.39 is 29.7 Å². The van der Waals surface area contributed by atoms with Crippen molar-refractivity contribution in [3.05, 3.63) is 87.7 Å². The number of imide groups is 2. The van der Waals surface area contributed by atoms with Crippen molar-refractivity contribution in [2.24, 2.45) is 16.7 Å². The fraction of sp³-hybridized carbons (Fsp3) is 0.479. The number of ether oxygens (including phenoxy) is 1. The van der Waals surface area contributed by atoms with Gasteiger partial charge in [0.15, 0.2) is 0 Å². The summed E-state index contributed by atoms with van der Waals surface area (Å²) in [5, 5.41) is 11.6. The van der Waals surface area contributed by atoms with Crippen LogP contribution in [0.15, 0.2) is 48.5 Å². The maximum absolute atomic E-state index is 13.8. The number of anilines is 1. The Balaban J connectivity index is 0.770. The zero-order chi connectivity index (χ0) is 43.0. The zero-order valence-corrected chi connectivity index (χ0v) is 35.4. The second kappa shape index (κ2) is 15.1. The van der Waals surface area contributed by atoms with E-state index in [-0.39, 0.29) is 47.6 Å². The van der Waals surface area contributed by atoms with Gasteiger partial charge in [0.1, 0.15) is 23.6 Å². The van der Waals surface area contributed by atoms with Crippen LogP contribution in [0.5, 0.6) is 5.75 Å². The quantitative estimate of drug-likeness (QED) is 0.258. The highest BCUT2D eigenvalue weighted by Crippen LogP contribution is 2.59. The van der Waals surface area contributed by atoms with Crippen molar-refractivity contribution in [3.63, 3.8) is 0 Å². The summed E-state index contributed by atoms with van der Waals surface area (Å²) in [4.78, 5) is 77.1. The van der Waals surface area contributed by atoms with E-state index in [2.05, 4.69) is 60.7 Å². The molecule has 3 aromatic rings. The third kappa shape index (κ3) is 6.93. The molecule has 1 unspecified atom stereocenters. The summed E-state index contributed by atoms with van der Waals surface area (Å²) in [5.41, 5.74) is 4.44. The Hall–Kier alpha value is -6.05. The van der Waals surface area contributed by atoms with E-state index in [1.54, 1.807) is 18.2 Å². The number of pyridine rings is 1. The van der Waals surface area contributed by atoms with Gasteiger partial charge in [0.25, 0.3) is 17.7 Å². The molecule has 314 valence electrons. The molecule has 2 saturated carbocycles. The first kappa shape index (κ1) is 40.4. The lowest BCUT2D eigenvalue weighted by molar-refractivity contribution is -0.199. The SMILES string of the molecule is Cc1cc(OC2C(C)(C)C(N3Cc4nc(C#CC5CCC(N6CCN(c7ccc8c(c7)C(=O)N(C7CCC(=O)NC7=O)C8=O)CC6)CC5)ccc4C3=O)C2(C)C)ccc1C#N. The van der Waals surface area contributed by atoms with E-state index in [0.717, 1.165) is 79.5 Å². The predicted molar refractivity (Wildman–Crippen MR) is 225 cm³/mol. The van der Waals surface area contributed by atoms with E-state index >= 15 is 0 Å². The van der Waals surface area contributed by atoms with Gasteiger partial charge in [-0.1, -0.05) is 33.6 Å². The Morgan fingerprint density at radius 1 is 0.803 bits per heavy atom. The zero-order valence-electron chi connectivity index (χ0n) is 35.4. The van der Waals surface area contributed by atoms with Crippen LogP contribution in [0.3, 0.4) is 0 Å². The molecule has 5 amide bonds. The largest absolute Gasteiger partial charge is 0.489 e. The van der Waals surface area contributed by atoms with E-state index in [4.69, 9.17) is 9.72 Å². The number of nitriles is 1. The molecule has 0 spiro atoms. The van der Waals surface area contributed by atoms with Gasteiger partial charge in [-0.25, -0.2) is 4.98 Å². The number of hydrogen-bond donors (Lipinski definition) is 1. The Bertz CT molecular complexity index is 2460. The number of hydrogen-bond acceptors (Lipinski definition) is 10. The van der Waals surface area contributed by atoms with Crippen LogP contribution < -0.4 is 15.0 Å². The topological polar surface area (TPSA) is 156 Å². The number of piperazine rings is 1. The second-order valence-corrected chi connectivity index (χ2v) is 18.7. The summed E-state index contributed by atoms with van der Waals surface area (Å²) < 4.78 is 6.55. The molecule has 1 aromatic heterocycles. The van der Waals surface area contributed by atoms with Gasteiger partial charge in [0, 0.05) is 67.1 Å². The third-order valence-corrected chi connectivity index (χ3v) is 14.2. The van der Waals surface area contributed by atoms with Crippen molar-refractivity contribution in [1.29, 1.82) is 5.26 Å². The molecule has 0 bridgehead atoms. The first-order valence-electron chi connectivity index (χ1n) is 21.5. The van der Waals surface area contributed by atoms with Gasteiger partial charge in [-0.05, 0) is 99.0 Å². The predicted octanol–water partition coefficient (Wildman–Crippen LogP) is 5.23. The highest BCUT2D eigenvalue weighted by molar-refractivity contribution is 6.23. The van der Waals surface area contributed by atoms with Crippen molar-refractivity contribution in [2.45, 2.75) is 104 Å². The highest BCUT2D eigenvalue weighted by Gasteiger charge is 2.67. The molecule has 13 nitrogen and oxygen atoms in total. The summed E-state index contributed by atoms with van der Waals surface area (Å²) in [5.74, 6) is 5.88. The molecule has 13 heteroatoms. The first-order valence-corrected chi connectivity index (χ1v) is 21.5. The average molecular weight is 822 g/mol. The summed E-state index contributed by atoms with van der Waals surface area (Å²) in [6.07, 6.45) is 4.24. The molecule has 9 rings (SSSR count). The Labute approximate surface area is 356 Å².